The number of carboxylic acids is 1. The van der Waals surface area contributed by atoms with Gasteiger partial charge in [0.05, 0.1) is 13.2 Å². The molecular weight excluding hydrogens is 842 g/mol. The van der Waals surface area contributed by atoms with Gasteiger partial charge >= 0.3 is 19.8 Å². The smallest absolute Gasteiger partial charge is 0.472 e. The molecule has 0 bridgehead atoms. The van der Waals surface area contributed by atoms with Crippen LogP contribution in [0.15, 0.2) is 12.2 Å². The van der Waals surface area contributed by atoms with Crippen LogP contribution in [0.1, 0.15) is 277 Å². The number of phosphoric acid groups is 1. The molecule has 3 unspecified atom stereocenters. The molecule has 0 radical (unpaired) electrons. The van der Waals surface area contributed by atoms with Gasteiger partial charge in [0, 0.05) is 12.8 Å². The summed E-state index contributed by atoms with van der Waals surface area (Å²) < 4.78 is 27.0. The number of carbonyl (C=O) groups is 3. The monoisotopic (exact) mass is 944 g/mol. The minimum atomic E-state index is -4.76. The van der Waals surface area contributed by atoms with E-state index >= 15 is 0 Å². The first kappa shape index (κ1) is 63.2. The summed E-state index contributed by atoms with van der Waals surface area (Å²) in [6.45, 7) is 2.65. The van der Waals surface area contributed by atoms with Crippen molar-refractivity contribution in [3.8, 4) is 0 Å². The highest BCUT2D eigenvalue weighted by Crippen LogP contribution is 2.43. The first-order valence-corrected chi connectivity index (χ1v) is 28.7. The second-order valence-electron chi connectivity index (χ2n) is 18.8. The van der Waals surface area contributed by atoms with Crippen molar-refractivity contribution < 1.29 is 47.8 Å². The lowest BCUT2D eigenvalue weighted by molar-refractivity contribution is -0.147. The van der Waals surface area contributed by atoms with Crippen LogP contribution < -0.4 is 5.32 Å². The molecule has 0 heterocycles. The molecule has 3 atom stereocenters. The Morgan fingerprint density at radius 2 is 0.800 bits per heavy atom. The van der Waals surface area contributed by atoms with Crippen LogP contribution in [0.4, 0.5) is 0 Å². The Morgan fingerprint density at radius 1 is 0.477 bits per heavy atom. The lowest BCUT2D eigenvalue weighted by Crippen LogP contribution is -2.43. The van der Waals surface area contributed by atoms with E-state index in [2.05, 4.69) is 31.3 Å². The Kier molecular flexibility index (Phi) is 47.3. The zero-order chi connectivity index (χ0) is 47.7. The predicted octanol–water partition coefficient (Wildman–Crippen LogP) is 15.2. The summed E-state index contributed by atoms with van der Waals surface area (Å²) in [5.74, 6) is -2.36. The fraction of sp³-hybridized carbons (Fsp3) is 0.906. The Balaban J connectivity index is 3.74. The van der Waals surface area contributed by atoms with Crippen molar-refractivity contribution in [2.75, 3.05) is 19.8 Å². The second-order valence-corrected chi connectivity index (χ2v) is 20.2. The van der Waals surface area contributed by atoms with Crippen LogP contribution in [0.3, 0.4) is 0 Å². The van der Waals surface area contributed by atoms with E-state index in [9.17, 15) is 34.1 Å². The average molecular weight is 944 g/mol. The molecule has 0 aromatic rings. The van der Waals surface area contributed by atoms with Crippen molar-refractivity contribution in [1.29, 1.82) is 0 Å². The number of esters is 1. The van der Waals surface area contributed by atoms with Crippen molar-refractivity contribution in [1.82, 2.24) is 5.32 Å². The SMILES string of the molecule is CCCCCCCC/C=C\CCCCCCCCCC(=O)NC(COP(=O)(O)OCC(O)COC(=O)CCCCCCCCCCCCCCCCCCCCCCCCCC)C(=O)O. The molecule has 0 aromatic carbocycles. The highest BCUT2D eigenvalue weighted by atomic mass is 31.2. The van der Waals surface area contributed by atoms with Crippen LogP contribution in [-0.2, 0) is 32.7 Å². The Labute approximate surface area is 398 Å². The molecule has 1 amide bonds. The number of aliphatic carboxylic acids is 1. The maximum atomic E-state index is 12.4. The summed E-state index contributed by atoms with van der Waals surface area (Å²) >= 11 is 0. The zero-order valence-corrected chi connectivity index (χ0v) is 43.0. The number of carboxylic acid groups (broad SMARTS) is 1. The number of phosphoric ester groups is 1. The molecule has 12 heteroatoms. The molecule has 0 saturated heterocycles. The van der Waals surface area contributed by atoms with E-state index in [-0.39, 0.29) is 12.8 Å². The Hall–Kier alpha value is -1.78. The van der Waals surface area contributed by atoms with Gasteiger partial charge in [-0.1, -0.05) is 238 Å². The van der Waals surface area contributed by atoms with E-state index in [1.165, 1.54) is 186 Å². The highest BCUT2D eigenvalue weighted by molar-refractivity contribution is 7.47. The van der Waals surface area contributed by atoms with E-state index < -0.39 is 57.6 Å². The second kappa shape index (κ2) is 48.7. The largest absolute Gasteiger partial charge is 0.480 e. The number of ether oxygens (including phenoxy) is 1. The molecule has 0 aromatic heterocycles. The zero-order valence-electron chi connectivity index (χ0n) is 42.1. The highest BCUT2D eigenvalue weighted by Gasteiger charge is 2.28. The normalized spacial score (nSPS) is 13.5. The van der Waals surface area contributed by atoms with Crippen LogP contribution in [0.5, 0.6) is 0 Å². The summed E-state index contributed by atoms with van der Waals surface area (Å²) in [7, 11) is -4.76. The lowest BCUT2D eigenvalue weighted by Gasteiger charge is -2.18. The standard InChI is InChI=1S/C53H102NO10P/c1-3-5-7-9-11-13-15-17-19-21-22-23-24-25-26-27-29-31-33-35-37-39-41-43-45-52(57)62-46-49(55)47-63-65(60,61)64-48-50(53(58)59)54-51(56)44-42-40-38-36-34-32-30-28-20-18-16-14-12-10-8-6-4-2/h18,20,49-50,55H,3-17,19,21-48H2,1-2H3,(H,54,56)(H,58,59)(H,60,61)/b20-18-. The maximum Gasteiger partial charge on any atom is 0.472 e. The average Bonchev–Trinajstić information content (AvgIpc) is 3.28. The number of aliphatic hydroxyl groups excluding tert-OH is 1. The molecule has 384 valence electrons. The van der Waals surface area contributed by atoms with Gasteiger partial charge in [0.25, 0.3) is 0 Å². The van der Waals surface area contributed by atoms with E-state index in [1.54, 1.807) is 0 Å². The molecule has 0 aliphatic heterocycles. The number of carbonyl (C=O) groups excluding carboxylic acids is 2. The van der Waals surface area contributed by atoms with Gasteiger partial charge in [-0.15, -0.1) is 0 Å². The lowest BCUT2D eigenvalue weighted by atomic mass is 10.0. The number of hydrogen-bond donors (Lipinski definition) is 4. The van der Waals surface area contributed by atoms with Crippen LogP contribution in [0.25, 0.3) is 0 Å². The van der Waals surface area contributed by atoms with Crippen molar-refractivity contribution in [3.63, 3.8) is 0 Å². The minimum Gasteiger partial charge on any atom is -0.480 e. The number of rotatable bonds is 52. The Bertz CT molecular complexity index is 1150. The molecular formula is C53H102NO10P. The number of amides is 1. The summed E-state index contributed by atoms with van der Waals surface area (Å²) in [6, 6.07) is -1.55. The van der Waals surface area contributed by atoms with Gasteiger partial charge in [0.1, 0.15) is 12.7 Å². The molecule has 0 fully saturated rings. The van der Waals surface area contributed by atoms with Gasteiger partial charge in [0.15, 0.2) is 6.04 Å². The van der Waals surface area contributed by atoms with E-state index in [0.717, 1.165) is 51.4 Å². The molecule has 65 heavy (non-hydrogen) atoms. The Morgan fingerprint density at radius 3 is 1.17 bits per heavy atom. The third-order valence-corrected chi connectivity index (χ3v) is 13.3. The van der Waals surface area contributed by atoms with Crippen molar-refractivity contribution in [2.45, 2.75) is 289 Å². The van der Waals surface area contributed by atoms with Gasteiger partial charge < -0.3 is 25.2 Å². The van der Waals surface area contributed by atoms with Crippen LogP contribution in [0.2, 0.25) is 0 Å². The third-order valence-electron chi connectivity index (χ3n) is 12.3. The fourth-order valence-corrected chi connectivity index (χ4v) is 8.85. The predicted molar refractivity (Wildman–Crippen MR) is 268 cm³/mol. The van der Waals surface area contributed by atoms with Crippen LogP contribution in [-0.4, -0.2) is 64.9 Å². The first-order valence-electron chi connectivity index (χ1n) is 27.2. The topological polar surface area (TPSA) is 169 Å². The van der Waals surface area contributed by atoms with Crippen molar-refractivity contribution >= 4 is 25.7 Å². The van der Waals surface area contributed by atoms with Gasteiger partial charge in [-0.05, 0) is 38.5 Å². The quantitative estimate of drug-likeness (QED) is 0.0199. The van der Waals surface area contributed by atoms with Crippen LogP contribution in [0, 0.1) is 0 Å². The number of hydrogen-bond acceptors (Lipinski definition) is 8. The molecule has 0 saturated carbocycles. The number of unbranched alkanes of at least 4 members (excludes halogenated alkanes) is 36. The van der Waals surface area contributed by atoms with Gasteiger partial charge in [-0.3, -0.25) is 18.6 Å². The summed E-state index contributed by atoms with van der Waals surface area (Å²) in [6.07, 6.45) is 52.4. The van der Waals surface area contributed by atoms with Crippen molar-refractivity contribution in [2.24, 2.45) is 0 Å². The summed E-state index contributed by atoms with van der Waals surface area (Å²) in [5.41, 5.74) is 0. The number of nitrogens with one attached hydrogen (secondary N) is 1. The summed E-state index contributed by atoms with van der Waals surface area (Å²) in [4.78, 5) is 46.1. The molecule has 11 nitrogen and oxygen atoms in total. The number of allylic oxidation sites excluding steroid dienone is 2. The van der Waals surface area contributed by atoms with Gasteiger partial charge in [-0.2, -0.15) is 0 Å². The molecule has 4 N–H and O–H groups in total. The molecule has 0 rings (SSSR count). The molecule has 0 aliphatic rings. The molecule has 0 aliphatic carbocycles. The fourth-order valence-electron chi connectivity index (χ4n) is 8.08. The number of aliphatic hydroxyl groups is 1. The van der Waals surface area contributed by atoms with Crippen LogP contribution >= 0.6 is 7.82 Å². The molecule has 0 spiro atoms. The van der Waals surface area contributed by atoms with Crippen molar-refractivity contribution in [3.05, 3.63) is 12.2 Å². The van der Waals surface area contributed by atoms with E-state index in [1.807, 2.05) is 0 Å². The van der Waals surface area contributed by atoms with E-state index in [4.69, 9.17) is 13.8 Å². The minimum absolute atomic E-state index is 0.144. The van der Waals surface area contributed by atoms with Gasteiger partial charge in [0.2, 0.25) is 5.91 Å². The first-order chi connectivity index (χ1) is 31.6. The summed E-state index contributed by atoms with van der Waals surface area (Å²) in [5, 5.41) is 21.9. The third kappa shape index (κ3) is 48.5. The maximum absolute atomic E-state index is 12.4. The van der Waals surface area contributed by atoms with E-state index in [0.29, 0.717) is 12.8 Å². The van der Waals surface area contributed by atoms with Gasteiger partial charge in [-0.25, -0.2) is 9.36 Å².